The summed E-state index contributed by atoms with van der Waals surface area (Å²) in [5, 5.41) is 5.39. The highest BCUT2D eigenvalue weighted by atomic mass is 19.1. The normalized spacial score (nSPS) is 17.7. The minimum atomic E-state index is -0.377. The molecule has 0 spiro atoms. The summed E-state index contributed by atoms with van der Waals surface area (Å²) >= 11 is 0. The number of carbonyl (C=O) groups is 1. The van der Waals surface area contributed by atoms with Gasteiger partial charge in [-0.05, 0) is 37.5 Å². The molecular formula is C17H25FN2O3. The third-order valence-corrected chi connectivity index (χ3v) is 4.29. The average molecular weight is 324 g/mol. The molecule has 0 saturated carbocycles. The van der Waals surface area contributed by atoms with Crippen molar-refractivity contribution in [2.24, 2.45) is 5.41 Å². The van der Waals surface area contributed by atoms with Gasteiger partial charge in [-0.25, -0.2) is 9.18 Å². The van der Waals surface area contributed by atoms with Crippen molar-refractivity contribution in [1.82, 2.24) is 5.32 Å². The van der Waals surface area contributed by atoms with Gasteiger partial charge in [0.2, 0.25) is 0 Å². The van der Waals surface area contributed by atoms with E-state index < -0.39 is 0 Å². The Hall–Kier alpha value is -1.66. The van der Waals surface area contributed by atoms with E-state index in [9.17, 15) is 9.18 Å². The molecule has 23 heavy (non-hydrogen) atoms. The molecule has 0 radical (unpaired) electrons. The van der Waals surface area contributed by atoms with Gasteiger partial charge in [-0.3, -0.25) is 0 Å². The molecule has 1 aromatic carbocycles. The first kappa shape index (κ1) is 17.7. The molecule has 0 aliphatic carbocycles. The zero-order chi connectivity index (χ0) is 16.7. The van der Waals surface area contributed by atoms with Crippen molar-refractivity contribution >= 4 is 11.7 Å². The number of rotatable bonds is 7. The summed E-state index contributed by atoms with van der Waals surface area (Å²) in [4.78, 5) is 11.8. The molecule has 1 saturated heterocycles. The smallest absolute Gasteiger partial charge is 0.319 e. The minimum Gasteiger partial charge on any atom is -0.350 e. The molecule has 5 nitrogen and oxygen atoms in total. The van der Waals surface area contributed by atoms with Crippen LogP contribution in [0.3, 0.4) is 0 Å². The van der Waals surface area contributed by atoms with Gasteiger partial charge in [-0.2, -0.15) is 0 Å². The third kappa shape index (κ3) is 5.18. The van der Waals surface area contributed by atoms with Gasteiger partial charge < -0.3 is 20.1 Å². The van der Waals surface area contributed by atoms with Crippen molar-refractivity contribution in [3.05, 3.63) is 30.1 Å². The van der Waals surface area contributed by atoms with Crippen molar-refractivity contribution in [2.45, 2.75) is 39.4 Å². The topological polar surface area (TPSA) is 59.6 Å². The molecule has 1 heterocycles. The lowest BCUT2D eigenvalue weighted by Crippen LogP contribution is -2.35. The fraction of sp³-hybridized carbons (Fsp3) is 0.588. The quantitative estimate of drug-likeness (QED) is 0.755. The number of carbonyl (C=O) groups excluding carboxylic acids is 1. The van der Waals surface area contributed by atoms with Gasteiger partial charge in [0.25, 0.3) is 0 Å². The lowest BCUT2D eigenvalue weighted by atomic mass is 9.82. The van der Waals surface area contributed by atoms with Gasteiger partial charge in [0.1, 0.15) is 5.82 Å². The fourth-order valence-electron chi connectivity index (χ4n) is 2.66. The molecule has 1 atom stereocenters. The van der Waals surface area contributed by atoms with Crippen molar-refractivity contribution in [2.75, 3.05) is 25.1 Å². The molecule has 1 aliphatic heterocycles. The molecule has 1 aromatic rings. The van der Waals surface area contributed by atoms with Crippen LogP contribution < -0.4 is 10.6 Å². The molecule has 0 unspecified atom stereocenters. The summed E-state index contributed by atoms with van der Waals surface area (Å²) < 4.78 is 24.3. The van der Waals surface area contributed by atoms with Gasteiger partial charge in [-0.15, -0.1) is 0 Å². The predicted octanol–water partition coefficient (Wildman–Crippen LogP) is 3.52. The van der Waals surface area contributed by atoms with Crippen molar-refractivity contribution in [3.63, 3.8) is 0 Å². The van der Waals surface area contributed by atoms with E-state index in [0.717, 1.165) is 19.3 Å². The average Bonchev–Trinajstić information content (AvgIpc) is 3.06. The highest BCUT2D eigenvalue weighted by molar-refractivity contribution is 5.89. The number of hydrogen-bond donors (Lipinski definition) is 2. The molecule has 128 valence electrons. The van der Waals surface area contributed by atoms with E-state index in [4.69, 9.17) is 9.47 Å². The van der Waals surface area contributed by atoms with Crippen molar-refractivity contribution in [3.8, 4) is 0 Å². The van der Waals surface area contributed by atoms with E-state index in [-0.39, 0.29) is 23.6 Å². The van der Waals surface area contributed by atoms with E-state index in [0.29, 0.717) is 25.4 Å². The van der Waals surface area contributed by atoms with Gasteiger partial charge in [-0.1, -0.05) is 19.9 Å². The summed E-state index contributed by atoms with van der Waals surface area (Å²) in [6, 6.07) is 5.48. The Kier molecular flexibility index (Phi) is 6.36. The molecule has 6 heteroatoms. The maximum atomic E-state index is 13.0. The lowest BCUT2D eigenvalue weighted by Gasteiger charge is -2.33. The molecule has 0 bridgehead atoms. The zero-order valence-corrected chi connectivity index (χ0v) is 13.7. The van der Waals surface area contributed by atoms with Crippen molar-refractivity contribution < 1.29 is 18.7 Å². The van der Waals surface area contributed by atoms with Crippen LogP contribution >= 0.6 is 0 Å². The van der Waals surface area contributed by atoms with E-state index in [1.54, 1.807) is 12.1 Å². The summed E-state index contributed by atoms with van der Waals surface area (Å²) in [5.74, 6) is -0.377. The number of anilines is 1. The summed E-state index contributed by atoms with van der Waals surface area (Å²) in [7, 11) is 0. The van der Waals surface area contributed by atoms with Crippen molar-refractivity contribution in [1.29, 1.82) is 0 Å². The highest BCUT2D eigenvalue weighted by Gasteiger charge is 2.36. The second-order valence-electron chi connectivity index (χ2n) is 6.08. The van der Waals surface area contributed by atoms with Crippen LogP contribution in [0.4, 0.5) is 14.9 Å². The van der Waals surface area contributed by atoms with E-state index >= 15 is 0 Å². The van der Waals surface area contributed by atoms with Crippen LogP contribution in [0.25, 0.3) is 0 Å². The fourth-order valence-corrected chi connectivity index (χ4v) is 2.66. The van der Waals surface area contributed by atoms with Gasteiger partial charge in [0, 0.05) is 17.6 Å². The van der Waals surface area contributed by atoms with Crippen LogP contribution in [0.1, 0.15) is 33.1 Å². The first-order valence-electron chi connectivity index (χ1n) is 8.07. The standard InChI is InChI=1S/C17H25FN2O3/c1-3-17(2,15-22-10-11-23-15)8-5-9-19-16(21)20-14-7-4-6-13(18)12-14/h4,6-7,12,15H,3,5,8-11H2,1-2H3,(H2,19,20,21)/t17-/m0/s1. The Balaban J connectivity index is 1.70. The van der Waals surface area contributed by atoms with Crippen LogP contribution in [0.15, 0.2) is 24.3 Å². The number of ether oxygens (including phenoxy) is 2. The lowest BCUT2D eigenvalue weighted by molar-refractivity contribution is -0.131. The zero-order valence-electron chi connectivity index (χ0n) is 13.7. The van der Waals surface area contributed by atoms with Gasteiger partial charge >= 0.3 is 6.03 Å². The largest absolute Gasteiger partial charge is 0.350 e. The Morgan fingerprint density at radius 2 is 2.13 bits per heavy atom. The second kappa shape index (κ2) is 8.26. The number of amides is 2. The Morgan fingerprint density at radius 1 is 1.39 bits per heavy atom. The Bertz CT molecular complexity index is 520. The Labute approximate surface area is 136 Å². The number of nitrogens with one attached hydrogen (secondary N) is 2. The number of halogens is 1. The maximum Gasteiger partial charge on any atom is 0.319 e. The SMILES string of the molecule is CC[C@@](C)(CCCNC(=O)Nc1cccc(F)c1)C1OCCO1. The van der Waals surface area contributed by atoms with Gasteiger partial charge in [0.15, 0.2) is 6.29 Å². The molecule has 2 N–H and O–H groups in total. The summed E-state index contributed by atoms with van der Waals surface area (Å²) in [6.45, 7) is 6.11. The predicted molar refractivity (Wildman–Crippen MR) is 86.7 cm³/mol. The number of benzene rings is 1. The number of hydrogen-bond acceptors (Lipinski definition) is 3. The molecule has 2 amide bonds. The highest BCUT2D eigenvalue weighted by Crippen LogP contribution is 2.35. The molecule has 2 rings (SSSR count). The van der Waals surface area contributed by atoms with Crippen LogP contribution in [0, 0.1) is 11.2 Å². The Morgan fingerprint density at radius 3 is 2.78 bits per heavy atom. The minimum absolute atomic E-state index is 0.0444. The van der Waals surface area contributed by atoms with E-state index in [1.165, 1.54) is 12.1 Å². The van der Waals surface area contributed by atoms with E-state index in [1.807, 2.05) is 0 Å². The van der Waals surface area contributed by atoms with E-state index in [2.05, 4.69) is 24.5 Å². The summed E-state index contributed by atoms with van der Waals surface area (Å²) in [6.07, 6.45) is 2.51. The van der Waals surface area contributed by atoms with Crippen LogP contribution in [0.5, 0.6) is 0 Å². The summed E-state index contributed by atoms with van der Waals surface area (Å²) in [5.41, 5.74) is 0.394. The van der Waals surface area contributed by atoms with Crippen LogP contribution in [-0.4, -0.2) is 32.1 Å². The molecule has 1 fully saturated rings. The molecule has 0 aromatic heterocycles. The maximum absolute atomic E-state index is 13.0. The second-order valence-corrected chi connectivity index (χ2v) is 6.08. The van der Waals surface area contributed by atoms with Crippen LogP contribution in [-0.2, 0) is 9.47 Å². The molecule has 1 aliphatic rings. The third-order valence-electron chi connectivity index (χ3n) is 4.29. The molecular weight excluding hydrogens is 299 g/mol. The van der Waals surface area contributed by atoms with Crippen LogP contribution in [0.2, 0.25) is 0 Å². The van der Waals surface area contributed by atoms with Gasteiger partial charge in [0.05, 0.1) is 13.2 Å². The first-order chi connectivity index (χ1) is 11.0. The number of urea groups is 1. The monoisotopic (exact) mass is 324 g/mol. The first-order valence-corrected chi connectivity index (χ1v) is 8.07.